The molecule has 1 saturated heterocycles. The molecule has 2 aromatic rings. The third kappa shape index (κ3) is 5.32. The molecule has 0 aromatic heterocycles. The number of benzene rings is 2. The molecule has 3 atom stereocenters. The van der Waals surface area contributed by atoms with Gasteiger partial charge in [-0.2, -0.15) is 0 Å². The van der Waals surface area contributed by atoms with Crippen LogP contribution in [0.1, 0.15) is 57.9 Å². The molecular formula is C24H33NO2SSe. The summed E-state index contributed by atoms with van der Waals surface area (Å²) in [4.78, 5) is 0.877. The van der Waals surface area contributed by atoms with Crippen LogP contribution in [0, 0.1) is 6.92 Å². The molecule has 0 radical (unpaired) electrons. The van der Waals surface area contributed by atoms with E-state index in [2.05, 4.69) is 44.2 Å². The molecule has 158 valence electrons. The van der Waals surface area contributed by atoms with Crippen molar-refractivity contribution in [1.29, 1.82) is 0 Å². The first-order valence-corrected chi connectivity index (χ1v) is 14.1. The molecule has 2 aromatic carbocycles. The van der Waals surface area contributed by atoms with E-state index in [0.717, 1.165) is 44.1 Å². The van der Waals surface area contributed by atoms with Crippen molar-refractivity contribution in [1.82, 2.24) is 4.31 Å². The van der Waals surface area contributed by atoms with Gasteiger partial charge >= 0.3 is 183 Å². The van der Waals surface area contributed by atoms with Crippen LogP contribution in [0.2, 0.25) is 4.82 Å². The minimum absolute atomic E-state index is 0.100. The summed E-state index contributed by atoms with van der Waals surface area (Å²) in [5, 5.41) is 0. The van der Waals surface area contributed by atoms with Gasteiger partial charge in [0.15, 0.2) is 0 Å². The van der Waals surface area contributed by atoms with Gasteiger partial charge in [0.05, 0.1) is 0 Å². The zero-order valence-electron chi connectivity index (χ0n) is 17.8. The standard InChI is InChI=1S/C24H33NO2SSe/c1-4-6-8-13-23-24(29-22-11-9-7-10-12-22)18-20(5-2)25(23)28(26,27)21-16-14-19(3)15-17-21/h7,9-12,14-17,20,23-24H,4-6,8,13,18H2,1-3H3/t20-,23-,24+/m0/s1. The molecule has 0 amide bonds. The molecular weight excluding hydrogens is 445 g/mol. The molecule has 5 heteroatoms. The predicted molar refractivity (Wildman–Crippen MR) is 122 cm³/mol. The molecule has 1 aliphatic heterocycles. The zero-order valence-corrected chi connectivity index (χ0v) is 20.3. The normalized spacial score (nSPS) is 22.8. The Labute approximate surface area is 183 Å². The predicted octanol–water partition coefficient (Wildman–Crippen LogP) is 4.94. The Morgan fingerprint density at radius 3 is 2.31 bits per heavy atom. The van der Waals surface area contributed by atoms with E-state index >= 15 is 0 Å². The van der Waals surface area contributed by atoms with Crippen molar-refractivity contribution in [3.05, 3.63) is 60.2 Å². The number of aryl methyl sites for hydroxylation is 1. The van der Waals surface area contributed by atoms with Crippen molar-refractivity contribution in [2.45, 2.75) is 81.1 Å². The second kappa shape index (κ2) is 10.3. The molecule has 0 saturated carbocycles. The van der Waals surface area contributed by atoms with Crippen LogP contribution in [0.3, 0.4) is 0 Å². The Hall–Kier alpha value is -1.13. The molecule has 0 bridgehead atoms. The molecule has 0 aliphatic carbocycles. The van der Waals surface area contributed by atoms with Gasteiger partial charge in [0.2, 0.25) is 0 Å². The molecule has 1 heterocycles. The number of rotatable bonds is 9. The van der Waals surface area contributed by atoms with E-state index in [-0.39, 0.29) is 27.0 Å². The van der Waals surface area contributed by atoms with Crippen molar-refractivity contribution in [2.75, 3.05) is 0 Å². The molecule has 3 nitrogen and oxygen atoms in total. The monoisotopic (exact) mass is 479 g/mol. The molecule has 1 fully saturated rings. The first-order chi connectivity index (χ1) is 14.0. The fourth-order valence-electron chi connectivity index (χ4n) is 4.23. The van der Waals surface area contributed by atoms with Gasteiger partial charge in [-0.25, -0.2) is 0 Å². The number of sulfonamides is 1. The van der Waals surface area contributed by atoms with Crippen LogP contribution in [0.4, 0.5) is 0 Å². The van der Waals surface area contributed by atoms with Gasteiger partial charge in [-0.15, -0.1) is 0 Å². The topological polar surface area (TPSA) is 37.4 Å². The van der Waals surface area contributed by atoms with Crippen molar-refractivity contribution in [2.24, 2.45) is 0 Å². The second-order valence-corrected chi connectivity index (χ2v) is 12.6. The maximum atomic E-state index is 13.7. The van der Waals surface area contributed by atoms with E-state index < -0.39 is 10.0 Å². The summed E-state index contributed by atoms with van der Waals surface area (Å²) in [5.74, 6) is 0. The number of hydrogen-bond donors (Lipinski definition) is 0. The van der Waals surface area contributed by atoms with Gasteiger partial charge in [-0.05, 0) is 0 Å². The van der Waals surface area contributed by atoms with Gasteiger partial charge in [0.1, 0.15) is 0 Å². The van der Waals surface area contributed by atoms with Gasteiger partial charge in [0, 0.05) is 0 Å². The maximum absolute atomic E-state index is 13.7. The van der Waals surface area contributed by atoms with Crippen LogP contribution in [0.15, 0.2) is 59.5 Å². The molecule has 1 aliphatic rings. The van der Waals surface area contributed by atoms with Crippen molar-refractivity contribution >= 4 is 29.4 Å². The number of unbranched alkanes of at least 4 members (excludes halogenated alkanes) is 2. The van der Waals surface area contributed by atoms with E-state index in [1.54, 1.807) is 12.1 Å². The molecule has 3 rings (SSSR count). The summed E-state index contributed by atoms with van der Waals surface area (Å²) < 4.78 is 30.7. The van der Waals surface area contributed by atoms with Crippen LogP contribution in [-0.2, 0) is 10.0 Å². The van der Waals surface area contributed by atoms with Gasteiger partial charge in [-0.1, -0.05) is 0 Å². The number of hydrogen-bond acceptors (Lipinski definition) is 2. The molecule has 0 N–H and O–H groups in total. The summed E-state index contributed by atoms with van der Waals surface area (Å²) in [6.07, 6.45) is 6.23. The summed E-state index contributed by atoms with van der Waals surface area (Å²) in [6.45, 7) is 6.33. The minimum atomic E-state index is -3.48. The first kappa shape index (κ1) is 22.6. The van der Waals surface area contributed by atoms with E-state index in [0.29, 0.717) is 9.71 Å². The summed E-state index contributed by atoms with van der Waals surface area (Å²) >= 11 is 0.281. The second-order valence-electron chi connectivity index (χ2n) is 7.98. The molecule has 29 heavy (non-hydrogen) atoms. The van der Waals surface area contributed by atoms with Crippen LogP contribution < -0.4 is 4.46 Å². The van der Waals surface area contributed by atoms with Crippen LogP contribution in [0.25, 0.3) is 0 Å². The average Bonchev–Trinajstić information content (AvgIpc) is 3.07. The quantitative estimate of drug-likeness (QED) is 0.378. The van der Waals surface area contributed by atoms with Crippen LogP contribution >= 0.6 is 0 Å². The van der Waals surface area contributed by atoms with Gasteiger partial charge in [-0.3, -0.25) is 0 Å². The molecule has 0 unspecified atom stereocenters. The molecule has 0 spiro atoms. The van der Waals surface area contributed by atoms with E-state index in [1.807, 2.05) is 23.4 Å². The third-order valence-electron chi connectivity index (χ3n) is 5.82. The fraction of sp³-hybridized carbons (Fsp3) is 0.500. The van der Waals surface area contributed by atoms with E-state index in [9.17, 15) is 8.42 Å². The average molecular weight is 479 g/mol. The Kier molecular flexibility index (Phi) is 7.98. The zero-order chi connectivity index (χ0) is 20.9. The summed E-state index contributed by atoms with van der Waals surface area (Å²) in [7, 11) is -3.48. The Balaban J connectivity index is 1.93. The van der Waals surface area contributed by atoms with E-state index in [4.69, 9.17) is 0 Å². The summed E-state index contributed by atoms with van der Waals surface area (Å²) in [5.41, 5.74) is 1.09. The Bertz CT molecular complexity index is 868. The summed E-state index contributed by atoms with van der Waals surface area (Å²) in [6, 6.07) is 18.2. The Morgan fingerprint density at radius 2 is 1.69 bits per heavy atom. The van der Waals surface area contributed by atoms with Crippen LogP contribution in [-0.4, -0.2) is 39.8 Å². The number of nitrogens with zero attached hydrogens (tertiary/aromatic N) is 1. The van der Waals surface area contributed by atoms with Crippen molar-refractivity contribution in [3.8, 4) is 0 Å². The SMILES string of the molecule is CCCCC[C@H]1[C@H]([Se]c2ccccc2)C[C@H](CC)N1S(=O)(=O)c1ccc(C)cc1. The van der Waals surface area contributed by atoms with Gasteiger partial charge < -0.3 is 0 Å². The van der Waals surface area contributed by atoms with Crippen molar-refractivity contribution < 1.29 is 8.42 Å². The van der Waals surface area contributed by atoms with E-state index in [1.165, 1.54) is 4.46 Å². The van der Waals surface area contributed by atoms with Crippen LogP contribution in [0.5, 0.6) is 0 Å². The van der Waals surface area contributed by atoms with Crippen molar-refractivity contribution in [3.63, 3.8) is 0 Å². The first-order valence-electron chi connectivity index (χ1n) is 10.8. The third-order valence-corrected chi connectivity index (χ3v) is 10.7. The van der Waals surface area contributed by atoms with Gasteiger partial charge in [0.25, 0.3) is 0 Å². The Morgan fingerprint density at radius 1 is 1.00 bits per heavy atom. The fourth-order valence-corrected chi connectivity index (χ4v) is 9.32.